The predicted octanol–water partition coefficient (Wildman–Crippen LogP) is 7.51. The second kappa shape index (κ2) is 11.1. The fourth-order valence-electron chi connectivity index (χ4n) is 6.79. The Labute approximate surface area is 253 Å². The van der Waals surface area contributed by atoms with E-state index in [1.54, 1.807) is 0 Å². The first-order valence-corrected chi connectivity index (χ1v) is 15.2. The van der Waals surface area contributed by atoms with Gasteiger partial charge in [0.05, 0.1) is 28.5 Å². The number of halogens is 1. The largest absolute Gasteiger partial charge is 0.370 e. The minimum atomic E-state index is -0.134. The van der Waals surface area contributed by atoms with Crippen molar-refractivity contribution in [1.82, 2.24) is 19.9 Å². The van der Waals surface area contributed by atoms with Gasteiger partial charge in [-0.3, -0.25) is 4.98 Å². The molecular formula is C33H37ClN6S. The quantitative estimate of drug-likeness (QED) is 0.245. The van der Waals surface area contributed by atoms with Crippen molar-refractivity contribution in [3.8, 4) is 5.82 Å². The van der Waals surface area contributed by atoms with Crippen LogP contribution in [0.4, 0.5) is 11.4 Å². The zero-order valence-corrected chi connectivity index (χ0v) is 25.9. The monoisotopic (exact) mass is 584 g/mol. The fraction of sp³-hybridized carbons (Fsp3) is 0.364. The summed E-state index contributed by atoms with van der Waals surface area (Å²) in [6.07, 6.45) is 4.96. The van der Waals surface area contributed by atoms with E-state index in [1.807, 2.05) is 30.6 Å². The van der Waals surface area contributed by atoms with Crippen molar-refractivity contribution in [3.05, 3.63) is 100 Å². The summed E-state index contributed by atoms with van der Waals surface area (Å²) in [5, 5.41) is 5.01. The minimum absolute atomic E-state index is 0.126. The molecule has 6 rings (SSSR count). The smallest absolute Gasteiger partial charge is 0.174 e. The number of benzene rings is 1. The van der Waals surface area contributed by atoms with Crippen molar-refractivity contribution in [2.24, 2.45) is 11.8 Å². The van der Waals surface area contributed by atoms with Gasteiger partial charge in [-0.2, -0.15) is 0 Å². The highest BCUT2D eigenvalue weighted by Gasteiger charge is 2.42. The number of piperidine rings is 1. The van der Waals surface area contributed by atoms with E-state index in [9.17, 15) is 0 Å². The maximum Gasteiger partial charge on any atom is 0.174 e. The molecule has 4 aromatic rings. The van der Waals surface area contributed by atoms with Gasteiger partial charge in [-0.05, 0) is 111 Å². The van der Waals surface area contributed by atoms with E-state index in [0.29, 0.717) is 16.9 Å². The first-order chi connectivity index (χ1) is 19.7. The maximum absolute atomic E-state index is 7.03. The number of hydrogen-bond acceptors (Lipinski definition) is 4. The molecule has 3 aromatic heterocycles. The molecule has 0 spiro atoms. The van der Waals surface area contributed by atoms with Crippen LogP contribution < -0.4 is 15.1 Å². The average molecular weight is 585 g/mol. The summed E-state index contributed by atoms with van der Waals surface area (Å²) in [6.45, 7) is 13.1. The van der Waals surface area contributed by atoms with E-state index in [4.69, 9.17) is 33.8 Å². The lowest BCUT2D eigenvalue weighted by Crippen LogP contribution is -2.38. The Morgan fingerprint density at radius 3 is 2.39 bits per heavy atom. The first kappa shape index (κ1) is 27.7. The lowest BCUT2D eigenvalue weighted by molar-refractivity contribution is 0.357. The van der Waals surface area contributed by atoms with Gasteiger partial charge in [-0.15, -0.1) is 0 Å². The number of thiocarbonyl (C=S) groups is 1. The summed E-state index contributed by atoms with van der Waals surface area (Å²) in [4.78, 5) is 14.1. The van der Waals surface area contributed by atoms with E-state index in [0.717, 1.165) is 52.4 Å². The Kier molecular flexibility index (Phi) is 7.51. The van der Waals surface area contributed by atoms with E-state index in [1.165, 1.54) is 17.5 Å². The highest BCUT2D eigenvalue weighted by atomic mass is 35.5. The Balaban J connectivity index is 1.44. The minimum Gasteiger partial charge on any atom is -0.370 e. The summed E-state index contributed by atoms with van der Waals surface area (Å²) >= 11 is 13.0. The molecule has 0 saturated carbocycles. The van der Waals surface area contributed by atoms with Crippen LogP contribution in [-0.2, 0) is 0 Å². The first-order valence-electron chi connectivity index (χ1n) is 14.4. The van der Waals surface area contributed by atoms with Crippen molar-refractivity contribution in [2.45, 2.75) is 53.1 Å². The lowest BCUT2D eigenvalue weighted by atomic mass is 9.91. The number of nitrogens with one attached hydrogen (secondary N) is 1. The molecule has 0 unspecified atom stereocenters. The van der Waals surface area contributed by atoms with Gasteiger partial charge in [0.2, 0.25) is 0 Å². The molecule has 2 aliphatic heterocycles. The van der Waals surface area contributed by atoms with Gasteiger partial charge in [-0.25, -0.2) is 4.98 Å². The van der Waals surface area contributed by atoms with Crippen LogP contribution >= 0.6 is 23.8 Å². The molecular weight excluding hydrogens is 548 g/mol. The molecule has 2 aliphatic rings. The van der Waals surface area contributed by atoms with Gasteiger partial charge in [-0.1, -0.05) is 31.5 Å². The van der Waals surface area contributed by atoms with Crippen molar-refractivity contribution < 1.29 is 0 Å². The zero-order valence-electron chi connectivity index (χ0n) is 24.3. The molecule has 212 valence electrons. The van der Waals surface area contributed by atoms with Gasteiger partial charge >= 0.3 is 0 Å². The highest BCUT2D eigenvalue weighted by molar-refractivity contribution is 7.80. The topological polar surface area (TPSA) is 49.2 Å². The van der Waals surface area contributed by atoms with Crippen molar-refractivity contribution in [2.75, 3.05) is 22.9 Å². The Morgan fingerprint density at radius 2 is 1.71 bits per heavy atom. The number of anilines is 2. The fourth-order valence-corrected chi connectivity index (χ4v) is 7.43. The summed E-state index contributed by atoms with van der Waals surface area (Å²) in [5.74, 6) is 2.20. The third kappa shape index (κ3) is 5.22. The van der Waals surface area contributed by atoms with Crippen LogP contribution in [0.3, 0.4) is 0 Å². The van der Waals surface area contributed by atoms with E-state index in [2.05, 4.69) is 90.7 Å². The molecule has 2 saturated heterocycles. The number of aryl methyl sites for hydroxylation is 2. The van der Waals surface area contributed by atoms with Crippen LogP contribution in [-0.4, -0.2) is 32.7 Å². The van der Waals surface area contributed by atoms with Crippen LogP contribution in [0, 0.1) is 32.6 Å². The third-order valence-corrected chi connectivity index (χ3v) is 9.05. The van der Waals surface area contributed by atoms with E-state index in [-0.39, 0.29) is 12.1 Å². The van der Waals surface area contributed by atoms with Crippen molar-refractivity contribution in [1.29, 1.82) is 0 Å². The standard InChI is InChI=1S/C33H37ClN6S/c1-20-11-13-36-30(15-20)39-23(4)16-26(24(39)5)32-31(28-8-6-7-12-35-28)37-33(41)40(32)25-9-10-29(27(34)17-25)38-18-21(2)14-22(3)19-38/h6-13,15-17,21-22,31-32H,14,18-19H2,1-5H3,(H,37,41)/t21-,22-,31+,32-/m1/s1. The Morgan fingerprint density at radius 1 is 0.927 bits per heavy atom. The van der Waals surface area contributed by atoms with E-state index < -0.39 is 0 Å². The van der Waals surface area contributed by atoms with Crippen LogP contribution in [0.5, 0.6) is 0 Å². The maximum atomic E-state index is 7.03. The van der Waals surface area contributed by atoms with Gasteiger partial charge in [0, 0.05) is 42.6 Å². The van der Waals surface area contributed by atoms with Crippen molar-refractivity contribution in [3.63, 3.8) is 0 Å². The van der Waals surface area contributed by atoms with Gasteiger partial charge in [0.15, 0.2) is 5.11 Å². The summed E-state index contributed by atoms with van der Waals surface area (Å²) < 4.78 is 2.23. The molecule has 1 N–H and O–H groups in total. The molecule has 8 heteroatoms. The second-order valence-corrected chi connectivity index (χ2v) is 12.6. The number of hydrogen-bond donors (Lipinski definition) is 1. The normalized spacial score (nSPS) is 22.7. The van der Waals surface area contributed by atoms with Crippen LogP contribution in [0.25, 0.3) is 5.82 Å². The number of nitrogens with zero attached hydrogens (tertiary/aromatic N) is 5. The molecule has 0 bridgehead atoms. The van der Waals surface area contributed by atoms with E-state index >= 15 is 0 Å². The second-order valence-electron chi connectivity index (χ2n) is 11.8. The van der Waals surface area contributed by atoms with Crippen LogP contribution in [0.2, 0.25) is 5.02 Å². The molecule has 0 radical (unpaired) electrons. The summed E-state index contributed by atoms with van der Waals surface area (Å²) in [5.41, 5.74) is 7.60. The zero-order chi connectivity index (χ0) is 28.8. The summed E-state index contributed by atoms with van der Waals surface area (Å²) in [6, 6.07) is 18.6. The molecule has 2 fully saturated rings. The SMILES string of the molecule is Cc1ccnc(-n2c(C)cc([C@@H]3[C@H](c4ccccn4)NC(=S)N3c3ccc(N4C[C@H](C)C[C@@H](C)C4)c(Cl)c3)c2C)c1. The number of pyridine rings is 2. The van der Waals surface area contributed by atoms with Gasteiger partial charge in [0.1, 0.15) is 5.82 Å². The molecule has 5 heterocycles. The average Bonchev–Trinajstić information content (AvgIpc) is 3.43. The third-order valence-electron chi connectivity index (χ3n) is 8.44. The van der Waals surface area contributed by atoms with Crippen molar-refractivity contribution >= 4 is 40.3 Å². The lowest BCUT2D eigenvalue weighted by Gasteiger charge is -2.37. The molecule has 6 nitrogen and oxygen atoms in total. The molecule has 41 heavy (non-hydrogen) atoms. The summed E-state index contributed by atoms with van der Waals surface area (Å²) in [7, 11) is 0. The predicted molar refractivity (Wildman–Crippen MR) is 172 cm³/mol. The molecule has 0 amide bonds. The highest BCUT2D eigenvalue weighted by Crippen LogP contribution is 2.45. The Bertz CT molecular complexity index is 1570. The number of aromatic nitrogens is 3. The Hall–Kier alpha value is -3.42. The van der Waals surface area contributed by atoms with Gasteiger partial charge < -0.3 is 19.7 Å². The number of rotatable bonds is 5. The van der Waals surface area contributed by atoms with Gasteiger partial charge in [0.25, 0.3) is 0 Å². The van der Waals surface area contributed by atoms with Crippen LogP contribution in [0.1, 0.15) is 60.6 Å². The molecule has 4 atom stereocenters. The molecule has 1 aromatic carbocycles. The van der Waals surface area contributed by atoms with Crippen LogP contribution in [0.15, 0.2) is 67.0 Å². The molecule has 0 aliphatic carbocycles.